The second-order valence-corrected chi connectivity index (χ2v) is 6.66. The molecule has 2 aromatic heterocycles. The highest BCUT2D eigenvalue weighted by molar-refractivity contribution is 14.0. The van der Waals surface area contributed by atoms with Gasteiger partial charge in [0.1, 0.15) is 0 Å². The summed E-state index contributed by atoms with van der Waals surface area (Å²) in [7, 11) is 1.75. The zero-order valence-electron chi connectivity index (χ0n) is 16.7. The average molecular weight is 500 g/mol. The SMILES string of the molecule is CCNC(=NCCn1cc(C)cn1)N1CCN(c2nccn(C)c2=O)CC1.I. The van der Waals surface area contributed by atoms with Gasteiger partial charge < -0.3 is 19.7 Å². The molecule has 1 aliphatic heterocycles. The minimum Gasteiger partial charge on any atom is -0.357 e. The van der Waals surface area contributed by atoms with Crippen LogP contribution in [0.25, 0.3) is 0 Å². The minimum absolute atomic E-state index is 0. The van der Waals surface area contributed by atoms with Crippen molar-refractivity contribution >= 4 is 35.8 Å². The minimum atomic E-state index is -0.0546. The van der Waals surface area contributed by atoms with E-state index in [1.165, 1.54) is 0 Å². The molecular formula is C18H29IN8O. The Balaban J connectivity index is 0.00000280. The third kappa shape index (κ3) is 5.46. The summed E-state index contributed by atoms with van der Waals surface area (Å²) in [5.74, 6) is 1.44. The molecule has 28 heavy (non-hydrogen) atoms. The number of hydrogen-bond donors (Lipinski definition) is 1. The molecule has 0 atom stereocenters. The molecule has 3 rings (SSSR count). The number of anilines is 1. The smallest absolute Gasteiger partial charge is 0.293 e. The molecule has 1 aliphatic rings. The van der Waals surface area contributed by atoms with Crippen molar-refractivity contribution in [1.82, 2.24) is 29.5 Å². The van der Waals surface area contributed by atoms with Crippen LogP contribution in [0.4, 0.5) is 5.82 Å². The summed E-state index contributed by atoms with van der Waals surface area (Å²) < 4.78 is 3.48. The molecule has 0 aliphatic carbocycles. The number of rotatable bonds is 5. The van der Waals surface area contributed by atoms with Crippen LogP contribution < -0.4 is 15.8 Å². The van der Waals surface area contributed by atoms with Gasteiger partial charge in [-0.2, -0.15) is 5.10 Å². The number of aliphatic imine (C=N–C) groups is 1. The van der Waals surface area contributed by atoms with Crippen LogP contribution in [0.3, 0.4) is 0 Å². The van der Waals surface area contributed by atoms with Gasteiger partial charge in [-0.15, -0.1) is 24.0 Å². The predicted molar refractivity (Wildman–Crippen MR) is 122 cm³/mol. The second kappa shape index (κ2) is 10.4. The van der Waals surface area contributed by atoms with Gasteiger partial charge in [0.25, 0.3) is 5.56 Å². The number of halogens is 1. The molecule has 1 N–H and O–H groups in total. The zero-order chi connectivity index (χ0) is 19.2. The van der Waals surface area contributed by atoms with E-state index in [9.17, 15) is 4.79 Å². The predicted octanol–water partition coefficient (Wildman–Crippen LogP) is 0.691. The Kier molecular flexibility index (Phi) is 8.27. The lowest BCUT2D eigenvalue weighted by Gasteiger charge is -2.36. The van der Waals surface area contributed by atoms with Gasteiger partial charge in [-0.1, -0.05) is 0 Å². The number of nitrogens with zero attached hydrogens (tertiary/aromatic N) is 7. The van der Waals surface area contributed by atoms with Crippen LogP contribution in [0, 0.1) is 6.92 Å². The molecule has 10 heteroatoms. The van der Waals surface area contributed by atoms with Crippen LogP contribution in [0.2, 0.25) is 0 Å². The number of piperazine rings is 1. The van der Waals surface area contributed by atoms with Crippen molar-refractivity contribution < 1.29 is 0 Å². The molecule has 0 spiro atoms. The molecule has 0 saturated carbocycles. The highest BCUT2D eigenvalue weighted by Gasteiger charge is 2.22. The molecule has 0 amide bonds. The van der Waals surface area contributed by atoms with Crippen molar-refractivity contribution in [3.05, 3.63) is 40.7 Å². The maximum Gasteiger partial charge on any atom is 0.293 e. The molecule has 0 bridgehead atoms. The maximum atomic E-state index is 12.3. The number of aryl methyl sites for hydroxylation is 2. The molecule has 0 aromatic carbocycles. The summed E-state index contributed by atoms with van der Waals surface area (Å²) in [6, 6.07) is 0. The van der Waals surface area contributed by atoms with E-state index in [0.717, 1.165) is 50.8 Å². The van der Waals surface area contributed by atoms with E-state index in [0.29, 0.717) is 12.4 Å². The number of nitrogens with one attached hydrogen (secondary N) is 1. The van der Waals surface area contributed by atoms with Crippen LogP contribution in [-0.4, -0.2) is 69.5 Å². The van der Waals surface area contributed by atoms with E-state index in [4.69, 9.17) is 4.99 Å². The summed E-state index contributed by atoms with van der Waals surface area (Å²) in [4.78, 5) is 25.6. The topological polar surface area (TPSA) is 83.6 Å². The molecule has 0 radical (unpaired) electrons. The monoisotopic (exact) mass is 500 g/mol. The fourth-order valence-electron chi connectivity index (χ4n) is 3.10. The lowest BCUT2D eigenvalue weighted by Crippen LogP contribution is -2.53. The maximum absolute atomic E-state index is 12.3. The highest BCUT2D eigenvalue weighted by Crippen LogP contribution is 2.09. The summed E-state index contributed by atoms with van der Waals surface area (Å²) in [6.07, 6.45) is 7.23. The highest BCUT2D eigenvalue weighted by atomic mass is 127. The van der Waals surface area contributed by atoms with Crippen LogP contribution in [0.1, 0.15) is 12.5 Å². The van der Waals surface area contributed by atoms with E-state index in [1.54, 1.807) is 24.0 Å². The molecule has 1 saturated heterocycles. The largest absolute Gasteiger partial charge is 0.357 e. The van der Waals surface area contributed by atoms with Crippen LogP contribution in [0.5, 0.6) is 0 Å². The standard InChI is InChI=1S/C18H28N8O.HI/c1-4-19-18(21-6-8-26-14-15(2)13-22-26)25-11-9-24(10-12-25)16-17(27)23(3)7-5-20-16;/h5,7,13-14H,4,6,8-12H2,1-3H3,(H,19,21);1H. The Labute approximate surface area is 182 Å². The first-order valence-corrected chi connectivity index (χ1v) is 9.37. The lowest BCUT2D eigenvalue weighted by molar-refractivity contribution is 0.370. The lowest BCUT2D eigenvalue weighted by atomic mass is 10.3. The third-order valence-corrected chi connectivity index (χ3v) is 4.57. The molecule has 9 nitrogen and oxygen atoms in total. The van der Waals surface area contributed by atoms with Gasteiger partial charge in [0.15, 0.2) is 11.8 Å². The van der Waals surface area contributed by atoms with Crippen molar-refractivity contribution in [3.8, 4) is 0 Å². The van der Waals surface area contributed by atoms with Gasteiger partial charge in [0, 0.05) is 58.4 Å². The molecule has 2 aromatic rings. The molecule has 154 valence electrons. The number of aromatic nitrogens is 4. The van der Waals surface area contributed by atoms with Gasteiger partial charge in [0.2, 0.25) is 0 Å². The van der Waals surface area contributed by atoms with Gasteiger partial charge in [-0.05, 0) is 19.4 Å². The first-order chi connectivity index (χ1) is 13.1. The number of hydrogen-bond acceptors (Lipinski definition) is 5. The Morgan fingerprint density at radius 3 is 2.68 bits per heavy atom. The van der Waals surface area contributed by atoms with Crippen LogP contribution >= 0.6 is 24.0 Å². The Hall–Kier alpha value is -2.11. The van der Waals surface area contributed by atoms with Crippen molar-refractivity contribution in [2.45, 2.75) is 20.4 Å². The van der Waals surface area contributed by atoms with E-state index < -0.39 is 0 Å². The first kappa shape index (κ1) is 22.2. The summed E-state index contributed by atoms with van der Waals surface area (Å²) in [6.45, 7) is 9.44. The fraction of sp³-hybridized carbons (Fsp3) is 0.556. The summed E-state index contributed by atoms with van der Waals surface area (Å²) in [5.41, 5.74) is 1.10. The normalized spacial score (nSPS) is 14.8. The Morgan fingerprint density at radius 2 is 2.04 bits per heavy atom. The van der Waals surface area contributed by atoms with E-state index >= 15 is 0 Å². The summed E-state index contributed by atoms with van der Waals surface area (Å²) in [5, 5.41) is 7.66. The summed E-state index contributed by atoms with van der Waals surface area (Å²) >= 11 is 0. The van der Waals surface area contributed by atoms with E-state index in [2.05, 4.69) is 32.1 Å². The average Bonchev–Trinajstić information content (AvgIpc) is 3.09. The van der Waals surface area contributed by atoms with Gasteiger partial charge >= 0.3 is 0 Å². The second-order valence-electron chi connectivity index (χ2n) is 6.66. The molecular weight excluding hydrogens is 471 g/mol. The van der Waals surface area contributed by atoms with E-state index in [1.807, 2.05) is 24.0 Å². The van der Waals surface area contributed by atoms with E-state index in [-0.39, 0.29) is 29.5 Å². The van der Waals surface area contributed by atoms with Crippen molar-refractivity contribution in [2.24, 2.45) is 12.0 Å². The zero-order valence-corrected chi connectivity index (χ0v) is 19.0. The van der Waals surface area contributed by atoms with Gasteiger partial charge in [-0.3, -0.25) is 14.5 Å². The van der Waals surface area contributed by atoms with Gasteiger partial charge in [0.05, 0.1) is 19.3 Å². The molecule has 1 fully saturated rings. The third-order valence-electron chi connectivity index (χ3n) is 4.57. The number of guanidine groups is 1. The van der Waals surface area contributed by atoms with Gasteiger partial charge in [-0.25, -0.2) is 4.98 Å². The van der Waals surface area contributed by atoms with Crippen LogP contribution in [-0.2, 0) is 13.6 Å². The molecule has 0 unspecified atom stereocenters. The van der Waals surface area contributed by atoms with Crippen LogP contribution in [0.15, 0.2) is 34.6 Å². The first-order valence-electron chi connectivity index (χ1n) is 9.37. The van der Waals surface area contributed by atoms with Crippen molar-refractivity contribution in [3.63, 3.8) is 0 Å². The quantitative estimate of drug-likeness (QED) is 0.370. The Morgan fingerprint density at radius 1 is 1.29 bits per heavy atom. The Bertz CT molecular complexity index is 838. The molecule has 3 heterocycles. The fourth-order valence-corrected chi connectivity index (χ4v) is 3.10. The van der Waals surface area contributed by atoms with Crippen molar-refractivity contribution in [2.75, 3.05) is 44.2 Å². The van der Waals surface area contributed by atoms with Crippen molar-refractivity contribution in [1.29, 1.82) is 0 Å².